The predicted molar refractivity (Wildman–Crippen MR) is 131 cm³/mol. The van der Waals surface area contributed by atoms with Gasteiger partial charge in [-0.25, -0.2) is 0 Å². The second kappa shape index (κ2) is 8.69. The lowest BCUT2D eigenvalue weighted by Gasteiger charge is -2.47. The maximum Gasteiger partial charge on any atom is 0.271 e. The molecular weight excluding hydrogens is 412 g/mol. The first kappa shape index (κ1) is 22.5. The third-order valence-electron chi connectivity index (χ3n) is 6.81. The van der Waals surface area contributed by atoms with E-state index in [9.17, 15) is 10.1 Å². The highest BCUT2D eigenvalue weighted by molar-refractivity contribution is 5.93. The highest BCUT2D eigenvalue weighted by atomic mass is 16.1. The van der Waals surface area contributed by atoms with E-state index < -0.39 is 0 Å². The number of nitrogens with zero attached hydrogens (tertiary/aromatic N) is 6. The topological polar surface area (TPSA) is 69.5 Å². The number of piperazine rings is 1. The SMILES string of the molecule is [C-]#[N+]c1ccc2c(n1)c(N1C[C@@H](C)N(C(C)c3ccc(C)cc3)C[C@@H]1C)c(C#N)c(=O)n2C. The van der Waals surface area contributed by atoms with Gasteiger partial charge in [-0.05, 0) is 45.4 Å². The van der Waals surface area contributed by atoms with Crippen molar-refractivity contribution >= 4 is 22.5 Å². The summed E-state index contributed by atoms with van der Waals surface area (Å²) in [5, 5.41) is 9.92. The molecule has 1 unspecified atom stereocenters. The number of aromatic nitrogens is 2. The van der Waals surface area contributed by atoms with Crippen molar-refractivity contribution in [1.29, 1.82) is 5.26 Å². The molecule has 2 aromatic heterocycles. The van der Waals surface area contributed by atoms with Crippen LogP contribution < -0.4 is 10.5 Å². The van der Waals surface area contributed by atoms with Crippen LogP contribution >= 0.6 is 0 Å². The van der Waals surface area contributed by atoms with Crippen LogP contribution in [0, 0.1) is 24.8 Å². The fraction of sp³-hybridized carbons (Fsp3) is 0.385. The van der Waals surface area contributed by atoms with Gasteiger partial charge in [0.1, 0.15) is 17.3 Å². The second-order valence-electron chi connectivity index (χ2n) is 8.98. The number of fused-ring (bicyclic) bond motifs is 1. The van der Waals surface area contributed by atoms with Crippen LogP contribution in [0.15, 0.2) is 41.2 Å². The molecule has 4 rings (SSSR count). The van der Waals surface area contributed by atoms with Gasteiger partial charge in [-0.2, -0.15) is 5.26 Å². The maximum atomic E-state index is 13.0. The maximum absolute atomic E-state index is 13.0. The Morgan fingerprint density at radius 3 is 2.48 bits per heavy atom. The Bertz CT molecular complexity index is 1340. The number of rotatable bonds is 3. The first-order chi connectivity index (χ1) is 15.8. The Balaban J connectivity index is 1.78. The molecule has 0 N–H and O–H groups in total. The van der Waals surface area contributed by atoms with E-state index >= 15 is 0 Å². The number of benzene rings is 1. The average Bonchev–Trinajstić information content (AvgIpc) is 2.82. The summed E-state index contributed by atoms with van der Waals surface area (Å²) in [5.41, 5.74) is 3.95. The monoisotopic (exact) mass is 440 g/mol. The van der Waals surface area contributed by atoms with Crippen molar-refractivity contribution in [3.05, 3.63) is 74.9 Å². The largest absolute Gasteiger partial charge is 0.361 e. The number of anilines is 1. The van der Waals surface area contributed by atoms with Crippen molar-refractivity contribution in [2.45, 2.75) is 45.8 Å². The average molecular weight is 441 g/mol. The van der Waals surface area contributed by atoms with Gasteiger partial charge < -0.3 is 14.3 Å². The molecule has 0 amide bonds. The fourth-order valence-electron chi connectivity index (χ4n) is 4.87. The Kier molecular flexibility index (Phi) is 5.93. The highest BCUT2D eigenvalue weighted by Crippen LogP contribution is 2.34. The molecular formula is C26H28N6O. The quantitative estimate of drug-likeness (QED) is 0.567. The van der Waals surface area contributed by atoms with Gasteiger partial charge in [0.15, 0.2) is 0 Å². The zero-order valence-electron chi connectivity index (χ0n) is 19.7. The van der Waals surface area contributed by atoms with Gasteiger partial charge in [0.05, 0.1) is 5.52 Å². The van der Waals surface area contributed by atoms with E-state index in [2.05, 4.69) is 77.7 Å². The zero-order valence-corrected chi connectivity index (χ0v) is 19.7. The van der Waals surface area contributed by atoms with E-state index in [1.807, 2.05) is 0 Å². The minimum Gasteiger partial charge on any atom is -0.361 e. The van der Waals surface area contributed by atoms with E-state index in [0.717, 1.165) is 6.54 Å². The molecule has 7 nitrogen and oxygen atoms in total. The van der Waals surface area contributed by atoms with E-state index in [1.54, 1.807) is 19.2 Å². The molecule has 0 saturated carbocycles. The highest BCUT2D eigenvalue weighted by Gasteiger charge is 2.36. The first-order valence-corrected chi connectivity index (χ1v) is 11.2. The molecule has 0 radical (unpaired) electrons. The summed E-state index contributed by atoms with van der Waals surface area (Å²) in [4.78, 5) is 25.6. The van der Waals surface area contributed by atoms with Crippen molar-refractivity contribution in [3.63, 3.8) is 0 Å². The smallest absolute Gasteiger partial charge is 0.271 e. The molecule has 1 saturated heterocycles. The van der Waals surface area contributed by atoms with Gasteiger partial charge in [-0.15, -0.1) is 4.98 Å². The Labute approximate surface area is 194 Å². The van der Waals surface area contributed by atoms with Crippen molar-refractivity contribution < 1.29 is 0 Å². The molecule has 0 aliphatic carbocycles. The first-order valence-electron chi connectivity index (χ1n) is 11.2. The molecule has 1 aliphatic rings. The molecule has 1 aliphatic heterocycles. The van der Waals surface area contributed by atoms with E-state index in [4.69, 9.17) is 6.57 Å². The molecule has 3 heterocycles. The van der Waals surface area contributed by atoms with E-state index in [0.29, 0.717) is 23.3 Å². The summed E-state index contributed by atoms with van der Waals surface area (Å²) in [5.74, 6) is 0.249. The molecule has 3 atom stereocenters. The molecule has 7 heteroatoms. The predicted octanol–water partition coefficient (Wildman–Crippen LogP) is 4.32. The van der Waals surface area contributed by atoms with Crippen LogP contribution in [0.3, 0.4) is 0 Å². The normalized spacial score (nSPS) is 19.8. The van der Waals surface area contributed by atoms with Gasteiger partial charge in [-0.3, -0.25) is 9.69 Å². The third-order valence-corrected chi connectivity index (χ3v) is 6.81. The standard InChI is InChI=1S/C26H28N6O/c1-16-7-9-20(10-8-16)19(4)31-14-18(3)32(15-17(31)2)25-21(13-27)26(33)30(6)22-11-12-23(28-5)29-24(22)25/h7-12,17-19H,14-15H2,1-4,6H3/t17-,18+,19?/m1/s1. The molecule has 1 aromatic carbocycles. The number of pyridine rings is 2. The number of aryl methyl sites for hydroxylation is 2. The van der Waals surface area contributed by atoms with Gasteiger partial charge in [0.25, 0.3) is 11.4 Å². The fourth-order valence-corrected chi connectivity index (χ4v) is 4.87. The zero-order chi connectivity index (χ0) is 23.9. The van der Waals surface area contributed by atoms with Crippen LogP contribution in [-0.2, 0) is 7.05 Å². The summed E-state index contributed by atoms with van der Waals surface area (Å²) >= 11 is 0. The van der Waals surface area contributed by atoms with Crippen LogP contribution in [0.25, 0.3) is 15.9 Å². The minimum atomic E-state index is -0.340. The van der Waals surface area contributed by atoms with Crippen LogP contribution in [-0.4, -0.2) is 39.6 Å². The Hall–Kier alpha value is -3.68. The van der Waals surface area contributed by atoms with Gasteiger partial charge >= 0.3 is 0 Å². The van der Waals surface area contributed by atoms with Crippen LogP contribution in [0.2, 0.25) is 0 Å². The van der Waals surface area contributed by atoms with Crippen molar-refractivity contribution in [2.24, 2.45) is 7.05 Å². The summed E-state index contributed by atoms with van der Waals surface area (Å²) in [6.07, 6.45) is 0. The van der Waals surface area contributed by atoms with Gasteiger partial charge in [0.2, 0.25) is 5.52 Å². The van der Waals surface area contributed by atoms with Crippen LogP contribution in [0.4, 0.5) is 11.5 Å². The lowest BCUT2D eigenvalue weighted by atomic mass is 9.99. The molecule has 168 valence electrons. The van der Waals surface area contributed by atoms with Crippen LogP contribution in [0.5, 0.6) is 0 Å². The Morgan fingerprint density at radius 1 is 1.15 bits per heavy atom. The molecule has 1 fully saturated rings. The Morgan fingerprint density at radius 2 is 1.85 bits per heavy atom. The third kappa shape index (κ3) is 3.86. The molecule has 3 aromatic rings. The van der Waals surface area contributed by atoms with Gasteiger partial charge in [-0.1, -0.05) is 36.4 Å². The van der Waals surface area contributed by atoms with Crippen LogP contribution in [0.1, 0.15) is 43.5 Å². The number of nitriles is 1. The van der Waals surface area contributed by atoms with Crippen molar-refractivity contribution in [3.8, 4) is 6.07 Å². The summed E-state index contributed by atoms with van der Waals surface area (Å²) in [6, 6.07) is 14.6. The summed E-state index contributed by atoms with van der Waals surface area (Å²) < 4.78 is 1.45. The summed E-state index contributed by atoms with van der Waals surface area (Å²) in [7, 11) is 1.64. The van der Waals surface area contributed by atoms with E-state index in [-0.39, 0.29) is 35.1 Å². The number of hydrogen-bond donors (Lipinski definition) is 0. The van der Waals surface area contributed by atoms with Crippen molar-refractivity contribution in [1.82, 2.24) is 14.5 Å². The number of hydrogen-bond acceptors (Lipinski definition) is 5. The van der Waals surface area contributed by atoms with E-state index in [1.165, 1.54) is 15.7 Å². The minimum absolute atomic E-state index is 0.0508. The molecule has 33 heavy (non-hydrogen) atoms. The second-order valence-corrected chi connectivity index (χ2v) is 8.98. The summed E-state index contributed by atoms with van der Waals surface area (Å²) in [6.45, 7) is 17.4. The lowest BCUT2D eigenvalue weighted by molar-refractivity contribution is 0.119. The van der Waals surface area contributed by atoms with Crippen molar-refractivity contribution in [2.75, 3.05) is 18.0 Å². The van der Waals surface area contributed by atoms with Gasteiger partial charge in [0, 0.05) is 38.3 Å². The molecule has 0 spiro atoms. The molecule has 0 bridgehead atoms. The lowest BCUT2D eigenvalue weighted by Crippen LogP contribution is -2.57.